The van der Waals surface area contributed by atoms with E-state index < -0.39 is 0 Å². The van der Waals surface area contributed by atoms with Crippen molar-refractivity contribution in [2.75, 3.05) is 13.2 Å². The molecule has 2 aromatic heterocycles. The molecule has 1 aromatic carbocycles. The van der Waals surface area contributed by atoms with Gasteiger partial charge in [-0.05, 0) is 58.4 Å². The predicted molar refractivity (Wildman–Crippen MR) is 130 cm³/mol. The minimum absolute atomic E-state index is 0.154. The molecule has 11 heteroatoms. The second-order valence-electron chi connectivity index (χ2n) is 7.68. The van der Waals surface area contributed by atoms with Crippen molar-refractivity contribution < 1.29 is 9.53 Å². The van der Waals surface area contributed by atoms with E-state index in [0.717, 1.165) is 11.4 Å². The van der Waals surface area contributed by atoms with Gasteiger partial charge in [-0.2, -0.15) is 0 Å². The zero-order chi connectivity index (χ0) is 24.0. The molecule has 0 spiro atoms. The average molecular weight is 509 g/mol. The highest BCUT2D eigenvalue weighted by Crippen LogP contribution is 2.26. The van der Waals surface area contributed by atoms with Gasteiger partial charge in [-0.3, -0.25) is 4.79 Å². The number of aromatic nitrogens is 5. The molecule has 176 valence electrons. The van der Waals surface area contributed by atoms with Crippen LogP contribution in [0.25, 0.3) is 5.69 Å². The van der Waals surface area contributed by atoms with E-state index in [1.807, 2.05) is 33.8 Å². The van der Waals surface area contributed by atoms with Crippen LogP contribution < -0.4 is 5.32 Å². The van der Waals surface area contributed by atoms with Crippen molar-refractivity contribution in [3.8, 4) is 5.69 Å². The highest BCUT2D eigenvalue weighted by atomic mass is 35.5. The Hall–Kier alpha value is -2.20. The molecule has 0 bridgehead atoms. The number of benzene rings is 1. The van der Waals surface area contributed by atoms with Crippen molar-refractivity contribution in [2.24, 2.45) is 0 Å². The first-order valence-electron chi connectivity index (χ1n) is 10.5. The molecule has 0 atom stereocenters. The fourth-order valence-corrected chi connectivity index (χ4v) is 4.50. The Morgan fingerprint density at radius 2 is 1.79 bits per heavy atom. The first-order chi connectivity index (χ1) is 15.7. The van der Waals surface area contributed by atoms with E-state index in [2.05, 4.69) is 25.6 Å². The Kier molecular flexibility index (Phi) is 9.08. The van der Waals surface area contributed by atoms with Gasteiger partial charge in [0.1, 0.15) is 0 Å². The van der Waals surface area contributed by atoms with Gasteiger partial charge in [0.05, 0.1) is 17.5 Å². The van der Waals surface area contributed by atoms with E-state index in [4.69, 9.17) is 27.9 Å². The van der Waals surface area contributed by atoms with Crippen molar-refractivity contribution in [1.82, 2.24) is 30.3 Å². The second kappa shape index (κ2) is 11.8. The number of carbonyl (C=O) groups excluding carboxylic acids is 1. The molecule has 33 heavy (non-hydrogen) atoms. The van der Waals surface area contributed by atoms with Gasteiger partial charge in [0, 0.05) is 40.3 Å². The van der Waals surface area contributed by atoms with E-state index in [1.165, 1.54) is 11.8 Å². The standard InChI is InChI=1S/C22H26Cl2N6O2S/c1-13(2)32-7-5-6-25-21(31)20-19(12-33-22-26-14(3)8-15(4)27-22)30(29-28-20)18-10-16(23)9-17(24)11-18/h8-11,13H,5-7,12H2,1-4H3,(H,25,31). The number of hydrogen-bond donors (Lipinski definition) is 1. The molecule has 8 nitrogen and oxygen atoms in total. The molecule has 0 saturated heterocycles. The average Bonchev–Trinajstić information content (AvgIpc) is 3.14. The summed E-state index contributed by atoms with van der Waals surface area (Å²) < 4.78 is 7.09. The van der Waals surface area contributed by atoms with E-state index in [0.29, 0.717) is 51.9 Å². The number of thioether (sulfide) groups is 1. The Labute approximate surface area is 207 Å². The quantitative estimate of drug-likeness (QED) is 0.238. The van der Waals surface area contributed by atoms with Crippen LogP contribution in [-0.4, -0.2) is 50.1 Å². The first kappa shape index (κ1) is 25.4. The van der Waals surface area contributed by atoms with Crippen molar-refractivity contribution in [2.45, 2.75) is 51.1 Å². The van der Waals surface area contributed by atoms with Gasteiger partial charge >= 0.3 is 0 Å². The highest BCUT2D eigenvalue weighted by Gasteiger charge is 2.21. The van der Waals surface area contributed by atoms with Crippen LogP contribution >= 0.6 is 35.0 Å². The van der Waals surface area contributed by atoms with Crippen molar-refractivity contribution >= 4 is 40.9 Å². The maximum absolute atomic E-state index is 12.9. The summed E-state index contributed by atoms with van der Waals surface area (Å²) in [6, 6.07) is 6.98. The van der Waals surface area contributed by atoms with Gasteiger partial charge in [-0.15, -0.1) is 5.10 Å². The molecule has 1 N–H and O–H groups in total. The lowest BCUT2D eigenvalue weighted by molar-refractivity contribution is 0.0756. The van der Waals surface area contributed by atoms with Gasteiger partial charge in [0.25, 0.3) is 5.91 Å². The van der Waals surface area contributed by atoms with Crippen LogP contribution in [0.5, 0.6) is 0 Å². The van der Waals surface area contributed by atoms with E-state index >= 15 is 0 Å². The molecule has 0 aliphatic heterocycles. The number of rotatable bonds is 10. The molecular weight excluding hydrogens is 483 g/mol. The number of ether oxygens (including phenoxy) is 1. The predicted octanol–water partition coefficient (Wildman–Crippen LogP) is 4.82. The van der Waals surface area contributed by atoms with Crippen LogP contribution in [0, 0.1) is 13.8 Å². The maximum atomic E-state index is 12.9. The number of nitrogens with one attached hydrogen (secondary N) is 1. The fourth-order valence-electron chi connectivity index (χ4n) is 3.04. The second-order valence-corrected chi connectivity index (χ2v) is 9.49. The Balaban J connectivity index is 1.84. The van der Waals surface area contributed by atoms with Crippen LogP contribution in [0.4, 0.5) is 0 Å². The molecular formula is C22H26Cl2N6O2S. The van der Waals surface area contributed by atoms with Crippen LogP contribution in [0.15, 0.2) is 29.4 Å². The van der Waals surface area contributed by atoms with E-state index in [-0.39, 0.29) is 17.7 Å². The topological polar surface area (TPSA) is 94.8 Å². The van der Waals surface area contributed by atoms with E-state index in [1.54, 1.807) is 22.9 Å². The molecule has 3 rings (SSSR count). The van der Waals surface area contributed by atoms with Crippen molar-refractivity contribution in [3.05, 3.63) is 57.1 Å². The van der Waals surface area contributed by atoms with Gasteiger partial charge in [0.15, 0.2) is 10.9 Å². The third-order valence-electron chi connectivity index (χ3n) is 4.43. The molecule has 3 aromatic rings. The SMILES string of the molecule is Cc1cc(C)nc(SCc2c(C(=O)NCCCOC(C)C)nnn2-c2cc(Cl)cc(Cl)c2)n1. The molecule has 0 unspecified atom stereocenters. The lowest BCUT2D eigenvalue weighted by atomic mass is 10.2. The number of amides is 1. The van der Waals surface area contributed by atoms with Gasteiger partial charge in [0.2, 0.25) is 0 Å². The zero-order valence-corrected chi connectivity index (χ0v) is 21.3. The number of aryl methyl sites for hydroxylation is 2. The number of carbonyl (C=O) groups is 1. The number of nitrogens with zero attached hydrogens (tertiary/aromatic N) is 5. The van der Waals surface area contributed by atoms with Crippen LogP contribution in [0.2, 0.25) is 10.0 Å². The number of hydrogen-bond acceptors (Lipinski definition) is 7. The molecule has 0 aliphatic rings. The van der Waals surface area contributed by atoms with Crippen LogP contribution in [0.1, 0.15) is 47.8 Å². The lowest BCUT2D eigenvalue weighted by Crippen LogP contribution is -2.27. The minimum atomic E-state index is -0.309. The summed E-state index contributed by atoms with van der Waals surface area (Å²) in [5.74, 6) is 0.0649. The Morgan fingerprint density at radius 1 is 1.12 bits per heavy atom. The summed E-state index contributed by atoms with van der Waals surface area (Å²) in [6.45, 7) is 8.82. The van der Waals surface area contributed by atoms with Crippen molar-refractivity contribution in [3.63, 3.8) is 0 Å². The zero-order valence-electron chi connectivity index (χ0n) is 18.9. The third-order valence-corrected chi connectivity index (χ3v) is 5.72. The van der Waals surface area contributed by atoms with Crippen molar-refractivity contribution in [1.29, 1.82) is 0 Å². The molecule has 2 heterocycles. The van der Waals surface area contributed by atoms with E-state index in [9.17, 15) is 4.79 Å². The fraction of sp³-hybridized carbons (Fsp3) is 0.409. The van der Waals surface area contributed by atoms with Gasteiger partial charge in [-0.25, -0.2) is 14.6 Å². The molecule has 0 aliphatic carbocycles. The summed E-state index contributed by atoms with van der Waals surface area (Å²) in [6.07, 6.45) is 0.851. The first-order valence-corrected chi connectivity index (χ1v) is 12.2. The molecule has 1 amide bonds. The Morgan fingerprint density at radius 3 is 2.42 bits per heavy atom. The summed E-state index contributed by atoms with van der Waals surface area (Å²) in [4.78, 5) is 21.8. The summed E-state index contributed by atoms with van der Waals surface area (Å²) in [7, 11) is 0. The molecule has 0 fully saturated rings. The smallest absolute Gasteiger partial charge is 0.273 e. The highest BCUT2D eigenvalue weighted by molar-refractivity contribution is 7.98. The summed E-state index contributed by atoms with van der Waals surface area (Å²) >= 11 is 13.8. The summed E-state index contributed by atoms with van der Waals surface area (Å²) in [5.41, 5.74) is 3.19. The van der Waals surface area contributed by atoms with Crippen LogP contribution in [-0.2, 0) is 10.5 Å². The molecule has 0 radical (unpaired) electrons. The monoisotopic (exact) mass is 508 g/mol. The van der Waals surface area contributed by atoms with Crippen LogP contribution in [0.3, 0.4) is 0 Å². The lowest BCUT2D eigenvalue weighted by Gasteiger charge is -2.10. The Bertz CT molecular complexity index is 1080. The third kappa shape index (κ3) is 7.40. The van der Waals surface area contributed by atoms with Gasteiger partial charge in [-0.1, -0.05) is 40.2 Å². The maximum Gasteiger partial charge on any atom is 0.273 e. The summed E-state index contributed by atoms with van der Waals surface area (Å²) in [5, 5.41) is 12.8. The largest absolute Gasteiger partial charge is 0.379 e. The molecule has 0 saturated carbocycles. The minimum Gasteiger partial charge on any atom is -0.379 e. The van der Waals surface area contributed by atoms with Gasteiger partial charge < -0.3 is 10.1 Å². The number of halogens is 2. The normalized spacial score (nSPS) is 11.2.